The van der Waals surface area contributed by atoms with Crippen molar-refractivity contribution >= 4 is 22.6 Å². The van der Waals surface area contributed by atoms with E-state index < -0.39 is 6.04 Å². The molecule has 1 aromatic heterocycles. The van der Waals surface area contributed by atoms with Gasteiger partial charge in [-0.1, -0.05) is 56.3 Å². The molecule has 3 aromatic carbocycles. The summed E-state index contributed by atoms with van der Waals surface area (Å²) in [6.07, 6.45) is 0. The first kappa shape index (κ1) is 20.3. The lowest BCUT2D eigenvalue weighted by atomic mass is 9.94. The van der Waals surface area contributed by atoms with Crippen LogP contribution in [0, 0.1) is 13.8 Å². The lowest BCUT2D eigenvalue weighted by Crippen LogP contribution is -2.29. The van der Waals surface area contributed by atoms with Crippen LogP contribution in [0.25, 0.3) is 11.0 Å². The van der Waals surface area contributed by atoms with Crippen LogP contribution in [0.4, 0.5) is 5.69 Å². The van der Waals surface area contributed by atoms with Crippen molar-refractivity contribution in [1.29, 1.82) is 0 Å². The summed E-state index contributed by atoms with van der Waals surface area (Å²) in [5.41, 5.74) is 5.59. The van der Waals surface area contributed by atoms with Crippen molar-refractivity contribution in [1.82, 2.24) is 0 Å². The molecule has 0 N–H and O–H groups in total. The minimum atomic E-state index is -0.539. The number of rotatable bonds is 3. The number of benzene rings is 3. The number of aryl methyl sites for hydroxylation is 2. The molecule has 2 heterocycles. The van der Waals surface area contributed by atoms with Crippen LogP contribution in [-0.4, -0.2) is 5.91 Å². The van der Waals surface area contributed by atoms with E-state index in [1.165, 1.54) is 5.56 Å². The van der Waals surface area contributed by atoms with Gasteiger partial charge in [0.15, 0.2) is 5.43 Å². The molecule has 1 atom stereocenters. The van der Waals surface area contributed by atoms with Gasteiger partial charge < -0.3 is 4.42 Å². The first-order chi connectivity index (χ1) is 15.4. The van der Waals surface area contributed by atoms with E-state index in [1.807, 2.05) is 68.4 Å². The lowest BCUT2D eigenvalue weighted by Gasteiger charge is -2.25. The highest BCUT2D eigenvalue weighted by molar-refractivity contribution is 6.10. The van der Waals surface area contributed by atoms with E-state index in [2.05, 4.69) is 26.0 Å². The third kappa shape index (κ3) is 3.06. The molecule has 4 nitrogen and oxygen atoms in total. The molecular formula is C28H25NO3. The maximum Gasteiger partial charge on any atom is 0.295 e. The Labute approximate surface area is 187 Å². The Hall–Kier alpha value is -3.66. The molecule has 0 aliphatic carbocycles. The molecule has 0 fully saturated rings. The van der Waals surface area contributed by atoms with Gasteiger partial charge >= 0.3 is 0 Å². The Bertz CT molecular complexity index is 1400. The fourth-order valence-electron chi connectivity index (χ4n) is 4.46. The van der Waals surface area contributed by atoms with Crippen molar-refractivity contribution in [3.8, 4) is 0 Å². The van der Waals surface area contributed by atoms with Gasteiger partial charge in [-0.05, 0) is 66.3 Å². The fraction of sp³-hybridized carbons (Fsp3) is 0.214. The Balaban J connectivity index is 1.79. The van der Waals surface area contributed by atoms with Gasteiger partial charge in [0.1, 0.15) is 5.58 Å². The molecule has 0 saturated carbocycles. The summed E-state index contributed by atoms with van der Waals surface area (Å²) >= 11 is 0. The van der Waals surface area contributed by atoms with Crippen LogP contribution in [0.1, 0.15) is 64.2 Å². The summed E-state index contributed by atoms with van der Waals surface area (Å²) in [5.74, 6) is 0.237. The number of anilines is 1. The van der Waals surface area contributed by atoms with Gasteiger partial charge in [0.05, 0.1) is 17.0 Å². The van der Waals surface area contributed by atoms with Crippen molar-refractivity contribution in [3.05, 3.63) is 111 Å². The standard InChI is InChI=1S/C28H25NO3/c1-16(2)19-10-12-20(13-11-19)25-24-26(30)22-14-17(3)18(4)15-23(22)32-27(24)28(31)29(25)21-8-6-5-7-9-21/h5-16,25H,1-4H3. The normalized spacial score (nSPS) is 15.6. The minimum absolute atomic E-state index is 0.132. The van der Waals surface area contributed by atoms with Gasteiger partial charge in [-0.25, -0.2) is 0 Å². The van der Waals surface area contributed by atoms with E-state index in [1.54, 1.807) is 4.90 Å². The number of para-hydroxylation sites is 1. The average Bonchev–Trinajstić information content (AvgIpc) is 3.08. The van der Waals surface area contributed by atoms with Crippen LogP contribution in [0.3, 0.4) is 0 Å². The van der Waals surface area contributed by atoms with E-state index in [4.69, 9.17) is 4.42 Å². The van der Waals surface area contributed by atoms with Gasteiger partial charge in [0, 0.05) is 5.69 Å². The maximum absolute atomic E-state index is 13.7. The van der Waals surface area contributed by atoms with Crippen LogP contribution in [-0.2, 0) is 0 Å². The largest absolute Gasteiger partial charge is 0.450 e. The fourth-order valence-corrected chi connectivity index (χ4v) is 4.46. The van der Waals surface area contributed by atoms with Crippen LogP contribution in [0.2, 0.25) is 0 Å². The van der Waals surface area contributed by atoms with Gasteiger partial charge in [0.25, 0.3) is 5.91 Å². The Kier molecular flexibility index (Phi) is 4.74. The average molecular weight is 424 g/mol. The number of fused-ring (bicyclic) bond motifs is 2. The lowest BCUT2D eigenvalue weighted by molar-refractivity contribution is 0.0971. The van der Waals surface area contributed by atoms with Crippen LogP contribution < -0.4 is 10.3 Å². The Morgan fingerprint density at radius 2 is 1.53 bits per heavy atom. The highest BCUT2D eigenvalue weighted by atomic mass is 16.3. The molecule has 0 spiro atoms. The van der Waals surface area contributed by atoms with Gasteiger partial charge in [-0.15, -0.1) is 0 Å². The maximum atomic E-state index is 13.7. The number of carbonyl (C=O) groups excluding carboxylic acids is 1. The summed E-state index contributed by atoms with van der Waals surface area (Å²) < 4.78 is 6.11. The second kappa shape index (κ2) is 7.49. The summed E-state index contributed by atoms with van der Waals surface area (Å²) in [6.45, 7) is 8.24. The van der Waals surface area contributed by atoms with Gasteiger partial charge in [-0.3, -0.25) is 14.5 Å². The van der Waals surface area contributed by atoms with E-state index in [0.717, 1.165) is 22.4 Å². The molecular weight excluding hydrogens is 398 g/mol. The van der Waals surface area contributed by atoms with Crippen molar-refractivity contribution in [2.45, 2.75) is 39.7 Å². The number of hydrogen-bond acceptors (Lipinski definition) is 3. The molecule has 5 rings (SSSR count). The number of nitrogens with zero attached hydrogens (tertiary/aromatic N) is 1. The SMILES string of the molecule is Cc1cc2oc3c(c(=O)c2cc1C)C(c1ccc(C(C)C)cc1)N(c1ccccc1)C3=O. The summed E-state index contributed by atoms with van der Waals surface area (Å²) in [7, 11) is 0. The molecule has 4 aromatic rings. The first-order valence-corrected chi connectivity index (χ1v) is 10.9. The van der Waals surface area contributed by atoms with E-state index in [0.29, 0.717) is 22.5 Å². The van der Waals surface area contributed by atoms with Crippen molar-refractivity contribution in [3.63, 3.8) is 0 Å². The van der Waals surface area contributed by atoms with Gasteiger partial charge in [-0.2, -0.15) is 0 Å². The number of carbonyl (C=O) groups is 1. The predicted molar refractivity (Wildman–Crippen MR) is 128 cm³/mol. The molecule has 32 heavy (non-hydrogen) atoms. The number of amides is 1. The zero-order chi connectivity index (χ0) is 22.6. The molecule has 0 bridgehead atoms. The monoisotopic (exact) mass is 423 g/mol. The molecule has 160 valence electrons. The topological polar surface area (TPSA) is 50.5 Å². The molecule has 1 aliphatic rings. The van der Waals surface area contributed by atoms with E-state index in [9.17, 15) is 9.59 Å². The second-order valence-electron chi connectivity index (χ2n) is 8.84. The Morgan fingerprint density at radius 1 is 0.875 bits per heavy atom. The summed E-state index contributed by atoms with van der Waals surface area (Å²) in [6, 6.07) is 20.8. The Morgan fingerprint density at radius 3 is 2.19 bits per heavy atom. The zero-order valence-electron chi connectivity index (χ0n) is 18.7. The zero-order valence-corrected chi connectivity index (χ0v) is 18.7. The summed E-state index contributed by atoms with van der Waals surface area (Å²) in [5, 5.41) is 0.512. The molecule has 1 amide bonds. The first-order valence-electron chi connectivity index (χ1n) is 10.9. The highest BCUT2D eigenvalue weighted by Crippen LogP contribution is 2.41. The molecule has 4 heteroatoms. The third-order valence-electron chi connectivity index (χ3n) is 6.44. The second-order valence-corrected chi connectivity index (χ2v) is 8.84. The molecule has 1 unspecified atom stereocenters. The van der Waals surface area contributed by atoms with Crippen LogP contribution in [0.15, 0.2) is 75.9 Å². The van der Waals surface area contributed by atoms with E-state index >= 15 is 0 Å². The predicted octanol–water partition coefficient (Wildman–Crippen LogP) is 6.28. The number of hydrogen-bond donors (Lipinski definition) is 0. The summed E-state index contributed by atoms with van der Waals surface area (Å²) in [4.78, 5) is 29.0. The van der Waals surface area contributed by atoms with Gasteiger partial charge in [0.2, 0.25) is 5.76 Å². The third-order valence-corrected chi connectivity index (χ3v) is 6.44. The molecule has 0 radical (unpaired) electrons. The molecule has 1 aliphatic heterocycles. The van der Waals surface area contributed by atoms with E-state index in [-0.39, 0.29) is 17.1 Å². The minimum Gasteiger partial charge on any atom is -0.450 e. The van der Waals surface area contributed by atoms with Crippen LogP contribution >= 0.6 is 0 Å². The van der Waals surface area contributed by atoms with Crippen molar-refractivity contribution in [2.24, 2.45) is 0 Å². The van der Waals surface area contributed by atoms with Crippen molar-refractivity contribution in [2.75, 3.05) is 4.90 Å². The van der Waals surface area contributed by atoms with Crippen molar-refractivity contribution < 1.29 is 9.21 Å². The quantitative estimate of drug-likeness (QED) is 0.389. The van der Waals surface area contributed by atoms with Crippen LogP contribution in [0.5, 0.6) is 0 Å². The smallest absolute Gasteiger partial charge is 0.295 e. The molecule has 0 saturated heterocycles. The highest BCUT2D eigenvalue weighted by Gasteiger charge is 2.43.